The van der Waals surface area contributed by atoms with Crippen LogP contribution in [0.25, 0.3) is 0 Å². The van der Waals surface area contributed by atoms with E-state index in [9.17, 15) is 0 Å². The van der Waals surface area contributed by atoms with Crippen LogP contribution in [-0.4, -0.2) is 88.4 Å². The van der Waals surface area contributed by atoms with Gasteiger partial charge in [0.15, 0.2) is 5.96 Å². The maximum absolute atomic E-state index is 5.45. The predicted molar refractivity (Wildman–Crippen MR) is 107 cm³/mol. The minimum atomic E-state index is 0.105. The molecule has 0 saturated carbocycles. The molecule has 0 aromatic carbocycles. The summed E-state index contributed by atoms with van der Waals surface area (Å²) in [5.74, 6) is 0.911. The fourth-order valence-electron chi connectivity index (χ4n) is 3.09. The zero-order chi connectivity index (χ0) is 18.5. The minimum absolute atomic E-state index is 0.105. The first-order valence-electron chi connectivity index (χ1n) is 9.88. The van der Waals surface area contributed by atoms with Crippen molar-refractivity contribution in [3.63, 3.8) is 0 Å². The van der Waals surface area contributed by atoms with E-state index in [0.717, 1.165) is 45.4 Å². The van der Waals surface area contributed by atoms with E-state index in [1.54, 1.807) is 0 Å². The summed E-state index contributed by atoms with van der Waals surface area (Å²) in [5.41, 5.74) is 0.105. The van der Waals surface area contributed by atoms with E-state index >= 15 is 0 Å². The lowest BCUT2D eigenvalue weighted by molar-refractivity contribution is -0.00833. The molecule has 0 atom stereocenters. The molecule has 0 amide bonds. The summed E-state index contributed by atoms with van der Waals surface area (Å²) in [6.07, 6.45) is 6.46. The molecule has 6 heteroatoms. The zero-order valence-electron chi connectivity index (χ0n) is 17.2. The van der Waals surface area contributed by atoms with Crippen molar-refractivity contribution in [3.05, 3.63) is 0 Å². The minimum Gasteiger partial charge on any atom is -0.379 e. The maximum Gasteiger partial charge on any atom is 0.191 e. The van der Waals surface area contributed by atoms with Crippen LogP contribution in [0.5, 0.6) is 0 Å². The molecule has 0 radical (unpaired) electrons. The average molecular weight is 356 g/mol. The van der Waals surface area contributed by atoms with Gasteiger partial charge in [0.25, 0.3) is 0 Å². The summed E-state index contributed by atoms with van der Waals surface area (Å²) < 4.78 is 5.45. The standard InChI is InChI=1S/C19H41N5O/c1-19(2,24-13-15-25-16-14-24)17-22-18(20-3)21-11-9-7-6-8-10-12-23(4)5/h6-17H2,1-5H3,(H2,20,21,22). The number of nitrogens with zero attached hydrogens (tertiary/aromatic N) is 3. The molecule has 1 rings (SSSR count). The number of ether oxygens (including phenoxy) is 1. The third-order valence-electron chi connectivity index (χ3n) is 4.85. The summed E-state index contributed by atoms with van der Waals surface area (Å²) >= 11 is 0. The number of morpholine rings is 1. The summed E-state index contributed by atoms with van der Waals surface area (Å²) in [6, 6.07) is 0. The van der Waals surface area contributed by atoms with Gasteiger partial charge < -0.3 is 20.3 Å². The highest BCUT2D eigenvalue weighted by molar-refractivity contribution is 5.79. The Labute approximate surface area is 155 Å². The van der Waals surface area contributed by atoms with Crippen LogP contribution in [0.2, 0.25) is 0 Å². The smallest absolute Gasteiger partial charge is 0.191 e. The summed E-state index contributed by atoms with van der Waals surface area (Å²) in [5, 5.41) is 6.92. The van der Waals surface area contributed by atoms with Gasteiger partial charge in [0, 0.05) is 38.8 Å². The number of unbranched alkanes of at least 4 members (excludes halogenated alkanes) is 4. The molecule has 2 N–H and O–H groups in total. The van der Waals surface area contributed by atoms with E-state index in [0.29, 0.717) is 0 Å². The fraction of sp³-hybridized carbons (Fsp3) is 0.947. The molecule has 6 nitrogen and oxygen atoms in total. The summed E-state index contributed by atoms with van der Waals surface area (Å²) in [7, 11) is 6.13. The Morgan fingerprint density at radius 3 is 2.32 bits per heavy atom. The molecule has 0 aromatic heterocycles. The fourth-order valence-corrected chi connectivity index (χ4v) is 3.09. The molecule has 1 aliphatic heterocycles. The van der Waals surface area contributed by atoms with Crippen molar-refractivity contribution in [2.45, 2.75) is 51.5 Å². The van der Waals surface area contributed by atoms with Crippen molar-refractivity contribution in [2.24, 2.45) is 4.99 Å². The van der Waals surface area contributed by atoms with Crippen LogP contribution in [0.1, 0.15) is 46.0 Å². The third-order valence-corrected chi connectivity index (χ3v) is 4.85. The van der Waals surface area contributed by atoms with Crippen LogP contribution in [0, 0.1) is 0 Å². The van der Waals surface area contributed by atoms with Crippen LogP contribution >= 0.6 is 0 Å². The zero-order valence-corrected chi connectivity index (χ0v) is 17.2. The number of rotatable bonds is 11. The number of guanidine groups is 1. The quantitative estimate of drug-likeness (QED) is 0.336. The van der Waals surface area contributed by atoms with Gasteiger partial charge in [0.1, 0.15) is 0 Å². The Morgan fingerprint density at radius 1 is 1.04 bits per heavy atom. The monoisotopic (exact) mass is 355 g/mol. The van der Waals surface area contributed by atoms with E-state index < -0.39 is 0 Å². The van der Waals surface area contributed by atoms with Crippen LogP contribution < -0.4 is 10.6 Å². The van der Waals surface area contributed by atoms with Gasteiger partial charge >= 0.3 is 0 Å². The van der Waals surface area contributed by atoms with Gasteiger partial charge in [-0.2, -0.15) is 0 Å². The molecular formula is C19H41N5O. The van der Waals surface area contributed by atoms with E-state index in [2.05, 4.69) is 53.4 Å². The first-order chi connectivity index (χ1) is 12.0. The second kappa shape index (κ2) is 12.5. The largest absolute Gasteiger partial charge is 0.379 e. The third kappa shape index (κ3) is 10.0. The van der Waals surface area contributed by atoms with E-state index in [4.69, 9.17) is 4.74 Å². The van der Waals surface area contributed by atoms with Gasteiger partial charge in [-0.3, -0.25) is 9.89 Å². The first-order valence-corrected chi connectivity index (χ1v) is 9.88. The van der Waals surface area contributed by atoms with Crippen LogP contribution in [0.4, 0.5) is 0 Å². The highest BCUT2D eigenvalue weighted by Gasteiger charge is 2.28. The second-order valence-electron chi connectivity index (χ2n) is 7.84. The van der Waals surface area contributed by atoms with Crippen molar-refractivity contribution in [2.75, 3.05) is 67.1 Å². The van der Waals surface area contributed by atoms with Crippen LogP contribution in [0.15, 0.2) is 4.99 Å². The van der Waals surface area contributed by atoms with E-state index in [1.165, 1.54) is 38.6 Å². The molecule has 1 saturated heterocycles. The molecule has 1 aliphatic rings. The van der Waals surface area contributed by atoms with Gasteiger partial charge in [-0.1, -0.05) is 19.3 Å². The highest BCUT2D eigenvalue weighted by Crippen LogP contribution is 2.14. The Kier molecular flexibility index (Phi) is 11.1. The van der Waals surface area contributed by atoms with Gasteiger partial charge in [-0.25, -0.2) is 0 Å². The second-order valence-corrected chi connectivity index (χ2v) is 7.84. The number of hydrogen-bond donors (Lipinski definition) is 2. The van der Waals surface area contributed by atoms with E-state index in [1.807, 2.05) is 7.05 Å². The molecule has 148 valence electrons. The predicted octanol–water partition coefficient (Wildman–Crippen LogP) is 1.77. The Hall–Kier alpha value is -0.850. The van der Waals surface area contributed by atoms with Crippen LogP contribution in [0.3, 0.4) is 0 Å². The van der Waals surface area contributed by atoms with Gasteiger partial charge in [0.05, 0.1) is 13.2 Å². The topological polar surface area (TPSA) is 52.1 Å². The van der Waals surface area contributed by atoms with Gasteiger partial charge in [-0.15, -0.1) is 0 Å². The lowest BCUT2D eigenvalue weighted by Crippen LogP contribution is -2.56. The molecule has 0 bridgehead atoms. The van der Waals surface area contributed by atoms with Crippen LogP contribution in [-0.2, 0) is 4.74 Å². The highest BCUT2D eigenvalue weighted by atomic mass is 16.5. The van der Waals surface area contributed by atoms with Crippen molar-refractivity contribution >= 4 is 5.96 Å². The first kappa shape index (κ1) is 22.2. The SMILES string of the molecule is CN=C(NCCCCCCCN(C)C)NCC(C)(C)N1CCOCC1. The maximum atomic E-state index is 5.45. The molecular weight excluding hydrogens is 314 g/mol. The average Bonchev–Trinajstić information content (AvgIpc) is 2.60. The Morgan fingerprint density at radius 2 is 1.68 bits per heavy atom. The molecule has 0 aromatic rings. The molecule has 0 aliphatic carbocycles. The van der Waals surface area contributed by atoms with Crippen molar-refractivity contribution in [1.82, 2.24) is 20.4 Å². The Balaban J connectivity index is 2.11. The van der Waals surface area contributed by atoms with Crippen molar-refractivity contribution in [1.29, 1.82) is 0 Å². The number of hydrogen-bond acceptors (Lipinski definition) is 4. The molecule has 1 fully saturated rings. The lowest BCUT2D eigenvalue weighted by atomic mass is 10.0. The molecule has 0 spiro atoms. The normalized spacial score (nSPS) is 17.1. The van der Waals surface area contributed by atoms with Gasteiger partial charge in [0.2, 0.25) is 0 Å². The summed E-state index contributed by atoms with van der Waals surface area (Å²) in [4.78, 5) is 9.10. The molecule has 25 heavy (non-hydrogen) atoms. The summed E-state index contributed by atoms with van der Waals surface area (Å²) in [6.45, 7) is 11.3. The number of aliphatic imine (C=N–C) groups is 1. The van der Waals surface area contributed by atoms with Crippen molar-refractivity contribution < 1.29 is 4.74 Å². The van der Waals surface area contributed by atoms with E-state index in [-0.39, 0.29) is 5.54 Å². The van der Waals surface area contributed by atoms with Crippen molar-refractivity contribution in [3.8, 4) is 0 Å². The molecule has 1 heterocycles. The Bertz CT molecular complexity index is 365. The van der Waals surface area contributed by atoms with Gasteiger partial charge in [-0.05, 0) is 47.3 Å². The lowest BCUT2D eigenvalue weighted by Gasteiger charge is -2.41. The number of nitrogens with one attached hydrogen (secondary N) is 2. The molecule has 0 unspecified atom stereocenters.